The van der Waals surface area contributed by atoms with Gasteiger partial charge in [0.2, 0.25) is 0 Å². The molecule has 3 amide bonds. The van der Waals surface area contributed by atoms with Crippen LogP contribution in [0.25, 0.3) is 0 Å². The van der Waals surface area contributed by atoms with Crippen LogP contribution in [0.4, 0.5) is 31.1 Å². The van der Waals surface area contributed by atoms with Crippen molar-refractivity contribution in [3.05, 3.63) is 71.8 Å². The molecule has 0 aromatic heterocycles. The van der Waals surface area contributed by atoms with E-state index < -0.39 is 35.5 Å². The number of carbonyl (C=O) groups excluding carboxylic acids is 2. The number of hydrogen-bond acceptors (Lipinski definition) is 2. The maximum atomic E-state index is 13.5. The molecule has 2 rings (SSSR count). The predicted octanol–water partition coefficient (Wildman–Crippen LogP) is 3.74. The molecule has 0 spiro atoms. The lowest BCUT2D eigenvalue weighted by molar-refractivity contribution is -0.310. The third-order valence-electron chi connectivity index (χ3n) is 3.78. The predicted molar refractivity (Wildman–Crippen MR) is 90.6 cm³/mol. The van der Waals surface area contributed by atoms with Gasteiger partial charge in [0, 0.05) is 12.1 Å². The number of urea groups is 1. The number of halogens is 6. The van der Waals surface area contributed by atoms with Crippen molar-refractivity contribution in [1.82, 2.24) is 16.0 Å². The molecule has 2 aromatic carbocycles. The lowest BCUT2D eigenvalue weighted by atomic mass is 10.1. The highest BCUT2D eigenvalue weighted by molar-refractivity contribution is 5.95. The number of carbonyl (C=O) groups is 2. The SMILES string of the molecule is O=C(NCc1ccccc1)NC(NC(=O)c1ccccc1)(C(F)(F)F)C(F)(F)F. The molecule has 0 aliphatic heterocycles. The van der Waals surface area contributed by atoms with Crippen molar-refractivity contribution in [2.45, 2.75) is 24.6 Å². The van der Waals surface area contributed by atoms with E-state index in [4.69, 9.17) is 0 Å². The fourth-order valence-corrected chi connectivity index (χ4v) is 2.30. The summed E-state index contributed by atoms with van der Waals surface area (Å²) in [7, 11) is 0. The van der Waals surface area contributed by atoms with Crippen LogP contribution in [-0.2, 0) is 6.54 Å². The molecule has 29 heavy (non-hydrogen) atoms. The Labute approximate surface area is 161 Å². The topological polar surface area (TPSA) is 70.2 Å². The van der Waals surface area contributed by atoms with Gasteiger partial charge in [0.25, 0.3) is 5.91 Å². The molecule has 0 fully saturated rings. The molecule has 156 valence electrons. The third-order valence-corrected chi connectivity index (χ3v) is 3.78. The van der Waals surface area contributed by atoms with Crippen molar-refractivity contribution >= 4 is 11.9 Å². The van der Waals surface area contributed by atoms with Gasteiger partial charge in [-0.3, -0.25) is 10.1 Å². The fraction of sp³-hybridized carbons (Fsp3) is 0.222. The van der Waals surface area contributed by atoms with Crippen molar-refractivity contribution in [1.29, 1.82) is 0 Å². The molecule has 0 aliphatic carbocycles. The van der Waals surface area contributed by atoms with E-state index in [2.05, 4.69) is 0 Å². The molecule has 0 atom stereocenters. The van der Waals surface area contributed by atoms with Crippen LogP contribution in [0.3, 0.4) is 0 Å². The van der Waals surface area contributed by atoms with Crippen molar-refractivity contribution in [2.24, 2.45) is 0 Å². The molecular formula is C18H15F6N3O2. The van der Waals surface area contributed by atoms with Crippen LogP contribution in [0.5, 0.6) is 0 Å². The van der Waals surface area contributed by atoms with Crippen molar-refractivity contribution < 1.29 is 35.9 Å². The first-order valence-corrected chi connectivity index (χ1v) is 8.07. The Hall–Kier alpha value is -3.24. The largest absolute Gasteiger partial charge is 0.439 e. The van der Waals surface area contributed by atoms with Gasteiger partial charge >= 0.3 is 24.0 Å². The zero-order valence-electron chi connectivity index (χ0n) is 14.6. The molecule has 0 unspecified atom stereocenters. The van der Waals surface area contributed by atoms with Gasteiger partial charge in [-0.1, -0.05) is 48.5 Å². The van der Waals surface area contributed by atoms with Crippen LogP contribution in [0.15, 0.2) is 60.7 Å². The summed E-state index contributed by atoms with van der Waals surface area (Å²) in [5.41, 5.74) is -4.99. The van der Waals surface area contributed by atoms with Gasteiger partial charge in [0.15, 0.2) is 0 Å². The van der Waals surface area contributed by atoms with Crippen LogP contribution in [0.2, 0.25) is 0 Å². The van der Waals surface area contributed by atoms with Gasteiger partial charge < -0.3 is 10.6 Å². The average Bonchev–Trinajstić information content (AvgIpc) is 2.65. The summed E-state index contributed by atoms with van der Waals surface area (Å²) >= 11 is 0. The summed E-state index contributed by atoms with van der Waals surface area (Å²) < 4.78 is 81.0. The molecule has 0 bridgehead atoms. The molecule has 0 saturated carbocycles. The third kappa shape index (κ3) is 5.18. The monoisotopic (exact) mass is 419 g/mol. The molecular weight excluding hydrogens is 404 g/mol. The first-order valence-electron chi connectivity index (χ1n) is 8.07. The van der Waals surface area contributed by atoms with Crippen LogP contribution in [0, 0.1) is 0 Å². The maximum absolute atomic E-state index is 13.5. The van der Waals surface area contributed by atoms with E-state index in [1.54, 1.807) is 18.2 Å². The Balaban J connectivity index is 2.28. The van der Waals surface area contributed by atoms with Gasteiger partial charge in [-0.2, -0.15) is 26.3 Å². The molecule has 5 nitrogen and oxygen atoms in total. The second-order valence-electron chi connectivity index (χ2n) is 5.86. The number of rotatable bonds is 5. The molecule has 3 N–H and O–H groups in total. The van der Waals surface area contributed by atoms with E-state index in [0.717, 1.165) is 22.8 Å². The fourth-order valence-electron chi connectivity index (χ4n) is 2.30. The maximum Gasteiger partial charge on any atom is 0.439 e. The Bertz CT molecular complexity index is 824. The molecule has 0 heterocycles. The Kier molecular flexibility index (Phi) is 6.40. The molecule has 2 aromatic rings. The van der Waals surface area contributed by atoms with E-state index in [0.29, 0.717) is 5.56 Å². The quantitative estimate of drug-likeness (QED) is 0.511. The van der Waals surface area contributed by atoms with E-state index >= 15 is 0 Å². The van der Waals surface area contributed by atoms with Crippen molar-refractivity contribution in [3.63, 3.8) is 0 Å². The van der Waals surface area contributed by atoms with Crippen LogP contribution in [0.1, 0.15) is 15.9 Å². The standard InChI is InChI=1S/C18H15F6N3O2/c19-17(20,21)16(18(22,23)24,26-14(28)13-9-5-2-6-10-13)27-15(29)25-11-12-7-3-1-4-8-12/h1-10H,11H2,(H,26,28)(H2,25,27,29). The summed E-state index contributed by atoms with van der Waals surface area (Å²) in [5.74, 6) is -1.66. The van der Waals surface area contributed by atoms with Gasteiger partial charge in [-0.05, 0) is 17.7 Å². The Morgan fingerprint density at radius 1 is 0.724 bits per heavy atom. The summed E-state index contributed by atoms with van der Waals surface area (Å²) in [6.45, 7) is -0.328. The van der Waals surface area contributed by atoms with Gasteiger partial charge in [0.05, 0.1) is 0 Å². The Morgan fingerprint density at radius 2 is 1.21 bits per heavy atom. The average molecular weight is 419 g/mol. The van der Waals surface area contributed by atoms with Crippen molar-refractivity contribution in [2.75, 3.05) is 0 Å². The highest BCUT2D eigenvalue weighted by Crippen LogP contribution is 2.41. The second-order valence-corrected chi connectivity index (χ2v) is 5.86. The van der Waals surface area contributed by atoms with Gasteiger partial charge in [-0.25, -0.2) is 4.79 Å². The second kappa shape index (κ2) is 8.41. The lowest BCUT2D eigenvalue weighted by Crippen LogP contribution is -2.77. The number of alkyl halides is 6. The summed E-state index contributed by atoms with van der Waals surface area (Å²) in [6.07, 6.45) is -12.2. The minimum absolute atomic E-state index is 0.328. The lowest BCUT2D eigenvalue weighted by Gasteiger charge is -2.38. The Morgan fingerprint density at radius 3 is 1.69 bits per heavy atom. The summed E-state index contributed by atoms with van der Waals surface area (Å²) in [5, 5.41) is 3.65. The zero-order chi connectivity index (χ0) is 21.7. The van der Waals surface area contributed by atoms with Gasteiger partial charge in [-0.15, -0.1) is 0 Å². The molecule has 11 heteroatoms. The first kappa shape index (κ1) is 22.1. The molecule has 0 saturated heterocycles. The van der Waals surface area contributed by atoms with E-state index in [9.17, 15) is 35.9 Å². The van der Waals surface area contributed by atoms with Crippen LogP contribution in [-0.4, -0.2) is 30.0 Å². The number of amides is 3. The summed E-state index contributed by atoms with van der Waals surface area (Å²) in [4.78, 5) is 23.9. The minimum atomic E-state index is -6.08. The van der Waals surface area contributed by atoms with E-state index in [-0.39, 0.29) is 6.54 Å². The normalized spacial score (nSPS) is 12.2. The number of nitrogens with one attached hydrogen (secondary N) is 3. The highest BCUT2D eigenvalue weighted by atomic mass is 19.4. The van der Waals surface area contributed by atoms with E-state index in [1.165, 1.54) is 30.3 Å². The zero-order valence-corrected chi connectivity index (χ0v) is 14.6. The van der Waals surface area contributed by atoms with Gasteiger partial charge in [0.1, 0.15) is 0 Å². The highest BCUT2D eigenvalue weighted by Gasteiger charge is 2.73. The van der Waals surface area contributed by atoms with Crippen LogP contribution < -0.4 is 16.0 Å². The summed E-state index contributed by atoms with van der Waals surface area (Å²) in [6, 6.07) is 12.1. The van der Waals surface area contributed by atoms with Crippen LogP contribution >= 0.6 is 0 Å². The first-order chi connectivity index (χ1) is 13.5. The minimum Gasteiger partial charge on any atom is -0.334 e. The van der Waals surface area contributed by atoms with E-state index in [1.807, 2.05) is 5.32 Å². The molecule has 0 aliphatic rings. The number of benzene rings is 2. The van der Waals surface area contributed by atoms with Crippen molar-refractivity contribution in [3.8, 4) is 0 Å². The number of hydrogen-bond donors (Lipinski definition) is 3. The molecule has 0 radical (unpaired) electrons. The smallest absolute Gasteiger partial charge is 0.334 e.